The molecule has 1 aliphatic rings. The number of aliphatic hydroxyl groups is 1. The Labute approximate surface area is 81.8 Å². The number of rotatable bonds is 2. The Hall–Kier alpha value is -1.40. The lowest BCUT2D eigenvalue weighted by atomic mass is 10.0. The molecule has 2 atom stereocenters. The maximum absolute atomic E-state index is 12.9. The summed E-state index contributed by atoms with van der Waals surface area (Å²) in [5, 5.41) is 8.97. The summed E-state index contributed by atoms with van der Waals surface area (Å²) in [6, 6.07) is 6.09. The summed E-state index contributed by atoms with van der Waals surface area (Å²) in [5.41, 5.74) is 0.0307. The Morgan fingerprint density at radius 1 is 1.64 bits per heavy atom. The van der Waals surface area contributed by atoms with Gasteiger partial charge in [-0.15, -0.1) is 0 Å². The molecule has 0 spiro atoms. The molecule has 1 N–H and O–H groups in total. The van der Waals surface area contributed by atoms with Gasteiger partial charge in [-0.2, -0.15) is 0 Å². The van der Waals surface area contributed by atoms with Crippen LogP contribution in [0.25, 0.3) is 4.85 Å². The monoisotopic (exact) mass is 191 g/mol. The van der Waals surface area contributed by atoms with Crippen LogP contribution in [0, 0.1) is 18.3 Å². The van der Waals surface area contributed by atoms with Gasteiger partial charge in [0.15, 0.2) is 0 Å². The molecule has 0 aromatic heterocycles. The van der Waals surface area contributed by atoms with Crippen LogP contribution in [0.1, 0.15) is 12.0 Å². The van der Waals surface area contributed by atoms with Gasteiger partial charge in [0.1, 0.15) is 5.82 Å². The Kier molecular flexibility index (Phi) is 2.01. The molecular weight excluding hydrogens is 181 g/mol. The zero-order valence-corrected chi connectivity index (χ0v) is 7.57. The second-order valence-corrected chi connectivity index (χ2v) is 3.63. The first-order valence-corrected chi connectivity index (χ1v) is 4.48. The predicted octanol–water partition coefficient (Wildman–Crippen LogP) is 1.95. The Morgan fingerprint density at radius 2 is 2.43 bits per heavy atom. The maximum atomic E-state index is 12.9. The third-order valence-electron chi connectivity index (χ3n) is 2.82. The molecule has 1 aliphatic carbocycles. The molecule has 0 saturated heterocycles. The number of halogens is 1. The molecule has 0 heterocycles. The highest BCUT2D eigenvalue weighted by molar-refractivity contribution is 5.37. The average Bonchev–Trinajstić information content (AvgIpc) is 2.93. The highest BCUT2D eigenvalue weighted by Gasteiger charge is 2.63. The van der Waals surface area contributed by atoms with Gasteiger partial charge in [0.25, 0.3) is 5.54 Å². The summed E-state index contributed by atoms with van der Waals surface area (Å²) in [6.45, 7) is 7.10. The summed E-state index contributed by atoms with van der Waals surface area (Å²) in [7, 11) is 0. The van der Waals surface area contributed by atoms with Crippen LogP contribution in [0.2, 0.25) is 0 Å². The van der Waals surface area contributed by atoms with Gasteiger partial charge in [-0.1, -0.05) is 12.1 Å². The Morgan fingerprint density at radius 3 is 2.93 bits per heavy atom. The van der Waals surface area contributed by atoms with Crippen molar-refractivity contribution >= 4 is 0 Å². The van der Waals surface area contributed by atoms with E-state index in [1.807, 2.05) is 0 Å². The normalized spacial score (nSPS) is 29.6. The largest absolute Gasteiger partial charge is 0.396 e. The van der Waals surface area contributed by atoms with Crippen LogP contribution in [-0.4, -0.2) is 11.7 Å². The number of hydrogen-bond donors (Lipinski definition) is 1. The molecule has 72 valence electrons. The first-order valence-electron chi connectivity index (χ1n) is 4.48. The molecule has 2 nitrogen and oxygen atoms in total. The van der Waals surface area contributed by atoms with E-state index < -0.39 is 5.54 Å². The molecule has 1 aromatic carbocycles. The van der Waals surface area contributed by atoms with Crippen molar-refractivity contribution in [3.8, 4) is 0 Å². The second kappa shape index (κ2) is 3.07. The van der Waals surface area contributed by atoms with Crippen molar-refractivity contribution in [2.24, 2.45) is 5.92 Å². The molecule has 2 rings (SSSR count). The van der Waals surface area contributed by atoms with E-state index in [2.05, 4.69) is 4.85 Å². The predicted molar refractivity (Wildman–Crippen MR) is 49.9 cm³/mol. The van der Waals surface area contributed by atoms with Crippen molar-refractivity contribution in [1.29, 1.82) is 0 Å². The third kappa shape index (κ3) is 1.19. The van der Waals surface area contributed by atoms with Gasteiger partial charge in [-0.25, -0.2) is 11.0 Å². The highest BCUT2D eigenvalue weighted by Crippen LogP contribution is 2.55. The zero-order chi connectivity index (χ0) is 10.2. The van der Waals surface area contributed by atoms with Crippen LogP contribution in [0.5, 0.6) is 0 Å². The van der Waals surface area contributed by atoms with Gasteiger partial charge in [0.05, 0.1) is 12.5 Å². The van der Waals surface area contributed by atoms with Gasteiger partial charge >= 0.3 is 0 Å². The first-order chi connectivity index (χ1) is 6.73. The molecule has 0 bridgehead atoms. The second-order valence-electron chi connectivity index (χ2n) is 3.63. The van der Waals surface area contributed by atoms with E-state index in [1.54, 1.807) is 12.1 Å². The van der Waals surface area contributed by atoms with E-state index in [0.717, 1.165) is 0 Å². The lowest BCUT2D eigenvalue weighted by Gasteiger charge is -2.03. The van der Waals surface area contributed by atoms with Crippen molar-refractivity contribution in [2.45, 2.75) is 12.0 Å². The maximum Gasteiger partial charge on any atom is 0.263 e. The van der Waals surface area contributed by atoms with E-state index in [0.29, 0.717) is 12.0 Å². The van der Waals surface area contributed by atoms with Crippen LogP contribution in [0.3, 0.4) is 0 Å². The standard InChI is InChI=1S/C11H10FNO/c1-13-11(6-9(11)7-14)8-3-2-4-10(12)5-8/h2-5,9,14H,6-7H2/t9-,11+/m0/s1. The molecule has 1 saturated carbocycles. The van der Waals surface area contributed by atoms with Gasteiger partial charge in [0, 0.05) is 12.0 Å². The fourth-order valence-corrected chi connectivity index (χ4v) is 1.85. The lowest BCUT2D eigenvalue weighted by molar-refractivity contribution is 0.268. The summed E-state index contributed by atoms with van der Waals surface area (Å²) in [5.74, 6) is -0.351. The average molecular weight is 191 g/mol. The van der Waals surface area contributed by atoms with Crippen molar-refractivity contribution in [2.75, 3.05) is 6.61 Å². The number of nitrogens with zero attached hydrogens (tertiary/aromatic N) is 1. The van der Waals surface area contributed by atoms with E-state index >= 15 is 0 Å². The quantitative estimate of drug-likeness (QED) is 0.710. The SMILES string of the molecule is [C-]#[N+][C@@]1(c2cccc(F)c2)C[C@H]1CO. The molecule has 0 unspecified atom stereocenters. The fraction of sp³-hybridized carbons (Fsp3) is 0.364. The topological polar surface area (TPSA) is 24.6 Å². The molecule has 0 aliphatic heterocycles. The van der Waals surface area contributed by atoms with Gasteiger partial charge in [-0.05, 0) is 12.1 Å². The number of aliphatic hydroxyl groups excluding tert-OH is 1. The molecule has 1 aromatic rings. The molecule has 14 heavy (non-hydrogen) atoms. The minimum Gasteiger partial charge on any atom is -0.396 e. The van der Waals surface area contributed by atoms with Crippen LogP contribution >= 0.6 is 0 Å². The van der Waals surface area contributed by atoms with E-state index in [1.165, 1.54) is 12.1 Å². The van der Waals surface area contributed by atoms with Gasteiger partial charge in [0.2, 0.25) is 0 Å². The summed E-state index contributed by atoms with van der Waals surface area (Å²) >= 11 is 0. The van der Waals surface area contributed by atoms with E-state index in [4.69, 9.17) is 11.7 Å². The van der Waals surface area contributed by atoms with Gasteiger partial charge < -0.3 is 9.95 Å². The first kappa shape index (κ1) is 9.17. The number of hydrogen-bond acceptors (Lipinski definition) is 1. The van der Waals surface area contributed by atoms with Crippen LogP contribution in [0.4, 0.5) is 4.39 Å². The number of benzene rings is 1. The highest BCUT2D eigenvalue weighted by atomic mass is 19.1. The van der Waals surface area contributed by atoms with Crippen molar-refractivity contribution in [3.05, 3.63) is 47.1 Å². The minimum absolute atomic E-state index is 0.00110. The van der Waals surface area contributed by atoms with Crippen molar-refractivity contribution < 1.29 is 9.50 Å². The fourth-order valence-electron chi connectivity index (χ4n) is 1.85. The van der Waals surface area contributed by atoms with Gasteiger partial charge in [-0.3, -0.25) is 0 Å². The summed E-state index contributed by atoms with van der Waals surface area (Å²) in [4.78, 5) is 3.52. The Balaban J connectivity index is 2.36. The minimum atomic E-state index is -0.656. The van der Waals surface area contributed by atoms with Crippen LogP contribution in [-0.2, 0) is 5.54 Å². The van der Waals surface area contributed by atoms with Crippen LogP contribution < -0.4 is 0 Å². The summed E-state index contributed by atoms with van der Waals surface area (Å²) in [6.07, 6.45) is 0.635. The van der Waals surface area contributed by atoms with Crippen molar-refractivity contribution in [3.63, 3.8) is 0 Å². The molecule has 3 heteroatoms. The van der Waals surface area contributed by atoms with Crippen molar-refractivity contribution in [1.82, 2.24) is 0 Å². The molecule has 0 amide bonds. The third-order valence-corrected chi connectivity index (χ3v) is 2.82. The smallest absolute Gasteiger partial charge is 0.263 e. The van der Waals surface area contributed by atoms with E-state index in [-0.39, 0.29) is 18.3 Å². The molecular formula is C11H10FNO. The molecule has 1 fully saturated rings. The zero-order valence-electron chi connectivity index (χ0n) is 7.57. The lowest BCUT2D eigenvalue weighted by Crippen LogP contribution is -2.06. The van der Waals surface area contributed by atoms with Crippen LogP contribution in [0.15, 0.2) is 24.3 Å². The molecule has 0 radical (unpaired) electrons. The summed E-state index contributed by atoms with van der Waals surface area (Å²) < 4.78 is 12.9. The van der Waals surface area contributed by atoms with E-state index in [9.17, 15) is 4.39 Å². The Bertz CT molecular complexity index is 399.